The van der Waals surface area contributed by atoms with Crippen molar-refractivity contribution in [3.8, 4) is 0 Å². The Kier molecular flexibility index (Phi) is 5.79. The summed E-state index contributed by atoms with van der Waals surface area (Å²) in [6.45, 7) is 6.20. The fourth-order valence-corrected chi connectivity index (χ4v) is 3.75. The molecule has 0 radical (unpaired) electrons. The van der Waals surface area contributed by atoms with Crippen molar-refractivity contribution in [1.82, 2.24) is 14.7 Å². The topological polar surface area (TPSA) is 38.1 Å². The predicted octanol–water partition coefficient (Wildman–Crippen LogP) is 4.61. The zero-order valence-electron chi connectivity index (χ0n) is 15.1. The van der Waals surface area contributed by atoms with Gasteiger partial charge in [0.2, 0.25) is 0 Å². The van der Waals surface area contributed by atoms with Crippen LogP contribution in [0.4, 0.5) is 0 Å². The smallest absolute Gasteiger partial charge is 0.257 e. The molecular formula is C20H26ClN3O. The van der Waals surface area contributed by atoms with E-state index in [0.29, 0.717) is 6.54 Å². The van der Waals surface area contributed by atoms with Crippen molar-refractivity contribution in [2.24, 2.45) is 0 Å². The highest BCUT2D eigenvalue weighted by Crippen LogP contribution is 2.21. The van der Waals surface area contributed by atoms with Gasteiger partial charge in [0.1, 0.15) is 0 Å². The molecule has 2 heterocycles. The highest BCUT2D eigenvalue weighted by atomic mass is 35.5. The van der Waals surface area contributed by atoms with E-state index in [-0.39, 0.29) is 5.91 Å². The van der Waals surface area contributed by atoms with E-state index in [1.54, 1.807) is 0 Å². The number of carbonyl (C=O) groups excluding carboxylic acids is 1. The van der Waals surface area contributed by atoms with Crippen molar-refractivity contribution in [1.29, 1.82) is 0 Å². The first kappa shape index (κ1) is 18.0. The molecule has 0 aliphatic carbocycles. The van der Waals surface area contributed by atoms with Crippen molar-refractivity contribution in [2.75, 3.05) is 13.1 Å². The van der Waals surface area contributed by atoms with Crippen molar-refractivity contribution in [3.63, 3.8) is 0 Å². The van der Waals surface area contributed by atoms with Crippen LogP contribution < -0.4 is 0 Å². The summed E-state index contributed by atoms with van der Waals surface area (Å²) in [4.78, 5) is 15.1. The SMILES string of the molecule is Cc1nn(Cc2ccccc2Cl)c(C)c1C(=O)N1CCCCCCC1. The van der Waals surface area contributed by atoms with Gasteiger partial charge in [0, 0.05) is 23.8 Å². The Bertz CT molecular complexity index is 745. The van der Waals surface area contributed by atoms with E-state index >= 15 is 0 Å². The maximum Gasteiger partial charge on any atom is 0.257 e. The monoisotopic (exact) mass is 359 g/mol. The third kappa shape index (κ3) is 4.06. The maximum atomic E-state index is 13.1. The molecule has 1 fully saturated rings. The summed E-state index contributed by atoms with van der Waals surface area (Å²) in [5.41, 5.74) is 3.49. The second kappa shape index (κ2) is 8.05. The van der Waals surface area contributed by atoms with Gasteiger partial charge in [-0.15, -0.1) is 0 Å². The van der Waals surface area contributed by atoms with E-state index in [1.807, 2.05) is 47.7 Å². The molecule has 1 aliphatic rings. The van der Waals surface area contributed by atoms with Gasteiger partial charge in [-0.2, -0.15) is 5.10 Å². The highest BCUT2D eigenvalue weighted by molar-refractivity contribution is 6.31. The number of aryl methyl sites for hydroxylation is 1. The molecule has 4 nitrogen and oxygen atoms in total. The molecule has 1 amide bonds. The van der Waals surface area contributed by atoms with Crippen LogP contribution in [0.25, 0.3) is 0 Å². The molecule has 0 saturated carbocycles. The Morgan fingerprint density at radius 3 is 2.40 bits per heavy atom. The third-order valence-corrected chi connectivity index (χ3v) is 5.39. The summed E-state index contributed by atoms with van der Waals surface area (Å²) < 4.78 is 1.90. The van der Waals surface area contributed by atoms with E-state index in [4.69, 9.17) is 11.6 Å². The van der Waals surface area contributed by atoms with Gasteiger partial charge in [-0.05, 0) is 38.3 Å². The minimum atomic E-state index is 0.127. The zero-order valence-corrected chi connectivity index (χ0v) is 15.9. The minimum Gasteiger partial charge on any atom is -0.339 e. The number of likely N-dealkylation sites (tertiary alicyclic amines) is 1. The Hall–Kier alpha value is -1.81. The number of nitrogens with zero attached hydrogens (tertiary/aromatic N) is 3. The fourth-order valence-electron chi connectivity index (χ4n) is 3.56. The average molecular weight is 360 g/mol. The molecule has 1 aromatic heterocycles. The molecule has 0 bridgehead atoms. The first-order valence-corrected chi connectivity index (χ1v) is 9.52. The third-order valence-electron chi connectivity index (χ3n) is 5.02. The van der Waals surface area contributed by atoms with Crippen molar-refractivity contribution >= 4 is 17.5 Å². The van der Waals surface area contributed by atoms with Crippen molar-refractivity contribution in [3.05, 3.63) is 51.8 Å². The Labute approximate surface area is 154 Å². The largest absolute Gasteiger partial charge is 0.339 e. The predicted molar refractivity (Wildman–Crippen MR) is 101 cm³/mol. The van der Waals surface area contributed by atoms with E-state index in [1.165, 1.54) is 19.3 Å². The van der Waals surface area contributed by atoms with Crippen LogP contribution in [0, 0.1) is 13.8 Å². The number of benzene rings is 1. The molecule has 1 aliphatic heterocycles. The normalized spacial score (nSPS) is 15.7. The van der Waals surface area contributed by atoms with Crippen molar-refractivity contribution in [2.45, 2.75) is 52.5 Å². The zero-order chi connectivity index (χ0) is 17.8. The van der Waals surface area contributed by atoms with Crippen LogP contribution in [0.15, 0.2) is 24.3 Å². The van der Waals surface area contributed by atoms with Gasteiger partial charge >= 0.3 is 0 Å². The van der Waals surface area contributed by atoms with Gasteiger partial charge in [0.15, 0.2) is 0 Å². The lowest BCUT2D eigenvalue weighted by Gasteiger charge is -2.25. The van der Waals surface area contributed by atoms with E-state index in [0.717, 1.165) is 53.5 Å². The number of rotatable bonds is 3. The molecule has 0 spiro atoms. The van der Waals surface area contributed by atoms with Gasteiger partial charge < -0.3 is 4.90 Å². The molecule has 1 saturated heterocycles. The molecule has 3 rings (SSSR count). The van der Waals surface area contributed by atoms with E-state index in [9.17, 15) is 4.79 Å². The summed E-state index contributed by atoms with van der Waals surface area (Å²) in [5.74, 6) is 0.127. The van der Waals surface area contributed by atoms with Crippen molar-refractivity contribution < 1.29 is 4.79 Å². The summed E-state index contributed by atoms with van der Waals surface area (Å²) in [6, 6.07) is 7.77. The Morgan fingerprint density at radius 1 is 1.08 bits per heavy atom. The Morgan fingerprint density at radius 2 is 1.72 bits per heavy atom. The number of hydrogen-bond acceptors (Lipinski definition) is 2. The molecule has 25 heavy (non-hydrogen) atoms. The van der Waals surface area contributed by atoms with Crippen LogP contribution in [0.1, 0.15) is 59.4 Å². The molecule has 5 heteroatoms. The van der Waals surface area contributed by atoms with Gasteiger partial charge in [-0.25, -0.2) is 0 Å². The molecule has 0 atom stereocenters. The van der Waals surface area contributed by atoms with Gasteiger partial charge in [0.05, 0.1) is 17.8 Å². The van der Waals surface area contributed by atoms with Crippen LogP contribution in [-0.4, -0.2) is 33.7 Å². The number of aromatic nitrogens is 2. The van der Waals surface area contributed by atoms with Gasteiger partial charge in [0.25, 0.3) is 5.91 Å². The Balaban J connectivity index is 1.83. The summed E-state index contributed by atoms with van der Waals surface area (Å²) >= 11 is 6.27. The average Bonchev–Trinajstić information content (AvgIpc) is 2.83. The maximum absolute atomic E-state index is 13.1. The highest BCUT2D eigenvalue weighted by Gasteiger charge is 2.24. The van der Waals surface area contributed by atoms with Gasteiger partial charge in [-0.3, -0.25) is 9.48 Å². The minimum absolute atomic E-state index is 0.127. The standard InChI is InChI=1S/C20H26ClN3O/c1-15-19(20(25)23-12-8-4-3-5-9-13-23)16(2)24(22-15)14-17-10-6-7-11-18(17)21/h6-7,10-11H,3-5,8-9,12-14H2,1-2H3. The van der Waals surface area contributed by atoms with Gasteiger partial charge in [-0.1, -0.05) is 49.1 Å². The molecular weight excluding hydrogens is 334 g/mol. The lowest BCUT2D eigenvalue weighted by atomic mass is 10.1. The molecule has 1 aromatic carbocycles. The van der Waals surface area contributed by atoms with E-state index < -0.39 is 0 Å². The molecule has 0 N–H and O–H groups in total. The quantitative estimate of drug-likeness (QED) is 0.802. The lowest BCUT2D eigenvalue weighted by Crippen LogP contribution is -2.34. The number of amides is 1. The summed E-state index contributed by atoms with van der Waals surface area (Å²) in [6.07, 6.45) is 5.91. The first-order chi connectivity index (χ1) is 12.1. The lowest BCUT2D eigenvalue weighted by molar-refractivity contribution is 0.0741. The molecule has 2 aromatic rings. The first-order valence-electron chi connectivity index (χ1n) is 9.14. The number of hydrogen-bond donors (Lipinski definition) is 0. The van der Waals surface area contributed by atoms with Crippen LogP contribution in [0.5, 0.6) is 0 Å². The number of carbonyl (C=O) groups is 1. The second-order valence-corrected chi connectivity index (χ2v) is 7.26. The fraction of sp³-hybridized carbons (Fsp3) is 0.500. The van der Waals surface area contributed by atoms with E-state index in [2.05, 4.69) is 5.10 Å². The van der Waals surface area contributed by atoms with Crippen LogP contribution in [0.3, 0.4) is 0 Å². The number of halogens is 1. The summed E-state index contributed by atoms with van der Waals surface area (Å²) in [5, 5.41) is 5.34. The molecule has 0 unspecified atom stereocenters. The molecule has 134 valence electrons. The van der Waals surface area contributed by atoms with Crippen LogP contribution >= 0.6 is 11.6 Å². The van der Waals surface area contributed by atoms with Crippen LogP contribution in [-0.2, 0) is 6.54 Å². The second-order valence-electron chi connectivity index (χ2n) is 6.85. The summed E-state index contributed by atoms with van der Waals surface area (Å²) in [7, 11) is 0. The van der Waals surface area contributed by atoms with Crippen LogP contribution in [0.2, 0.25) is 5.02 Å².